The van der Waals surface area contributed by atoms with E-state index in [1.807, 2.05) is 0 Å². The quantitative estimate of drug-likeness (QED) is 0.460. The Labute approximate surface area is 96.4 Å². The number of nitro benzene ring substituents is 1. The first kappa shape index (κ1) is 12.9. The number of carbonyl (C=O) groups excluding carboxylic acids is 1. The smallest absolute Gasteiger partial charge is 0.311 e. The van der Waals surface area contributed by atoms with Crippen molar-refractivity contribution in [2.45, 2.75) is 12.5 Å². The molecule has 0 fully saturated rings. The lowest BCUT2D eigenvalue weighted by atomic mass is 10.1. The number of rotatable bonds is 4. The lowest BCUT2D eigenvalue weighted by Crippen LogP contribution is -2.08. The van der Waals surface area contributed by atoms with E-state index >= 15 is 0 Å². The van der Waals surface area contributed by atoms with Crippen LogP contribution < -0.4 is 0 Å². The van der Waals surface area contributed by atoms with E-state index in [1.165, 1.54) is 13.2 Å². The number of nitrogens with zero attached hydrogens (tertiary/aromatic N) is 1. The number of esters is 1. The molecule has 1 aromatic rings. The van der Waals surface area contributed by atoms with E-state index in [2.05, 4.69) is 4.74 Å². The Kier molecular flexibility index (Phi) is 4.00. The summed E-state index contributed by atoms with van der Waals surface area (Å²) in [4.78, 5) is 20.7. The molecule has 92 valence electrons. The number of aliphatic hydroxyl groups excluding tert-OH is 1. The van der Waals surface area contributed by atoms with Gasteiger partial charge in [0.1, 0.15) is 0 Å². The van der Waals surface area contributed by atoms with Crippen molar-refractivity contribution in [3.8, 4) is 5.75 Å². The first-order valence-electron chi connectivity index (χ1n) is 4.68. The van der Waals surface area contributed by atoms with E-state index in [0.29, 0.717) is 0 Å². The predicted octanol–water partition coefficient (Wildman–Crippen LogP) is 0.897. The molecule has 0 aliphatic heterocycles. The lowest BCUT2D eigenvalue weighted by Gasteiger charge is -2.09. The Morgan fingerprint density at radius 3 is 2.76 bits per heavy atom. The van der Waals surface area contributed by atoms with Gasteiger partial charge in [-0.25, -0.2) is 0 Å². The van der Waals surface area contributed by atoms with Crippen LogP contribution in [0.5, 0.6) is 5.75 Å². The van der Waals surface area contributed by atoms with Crippen molar-refractivity contribution >= 4 is 11.7 Å². The van der Waals surface area contributed by atoms with Crippen LogP contribution >= 0.6 is 0 Å². The molecule has 0 aliphatic rings. The van der Waals surface area contributed by atoms with Gasteiger partial charge in [-0.05, 0) is 11.6 Å². The highest BCUT2D eigenvalue weighted by Crippen LogP contribution is 2.29. The molecule has 17 heavy (non-hydrogen) atoms. The fourth-order valence-electron chi connectivity index (χ4n) is 1.25. The summed E-state index contributed by atoms with van der Waals surface area (Å²) in [5.41, 5.74) is -0.355. The SMILES string of the molecule is COC(=O)C[C@H](O)c1ccc(O)c([N+](=O)[O-])c1. The molecule has 0 saturated heterocycles. The number of carbonyl (C=O) groups is 1. The van der Waals surface area contributed by atoms with Gasteiger partial charge in [-0.15, -0.1) is 0 Å². The van der Waals surface area contributed by atoms with Gasteiger partial charge in [-0.1, -0.05) is 6.07 Å². The maximum atomic E-state index is 10.9. The molecule has 7 heteroatoms. The third-order valence-electron chi connectivity index (χ3n) is 2.17. The van der Waals surface area contributed by atoms with E-state index in [9.17, 15) is 25.1 Å². The topological polar surface area (TPSA) is 110 Å². The monoisotopic (exact) mass is 241 g/mol. The first-order chi connectivity index (χ1) is 7.95. The van der Waals surface area contributed by atoms with Gasteiger partial charge in [0.2, 0.25) is 0 Å². The summed E-state index contributed by atoms with van der Waals surface area (Å²) in [6.45, 7) is 0. The maximum absolute atomic E-state index is 10.9. The molecule has 1 atom stereocenters. The number of hydrogen-bond acceptors (Lipinski definition) is 6. The maximum Gasteiger partial charge on any atom is 0.311 e. The lowest BCUT2D eigenvalue weighted by molar-refractivity contribution is -0.386. The summed E-state index contributed by atoms with van der Waals surface area (Å²) in [6.07, 6.45) is -1.51. The van der Waals surface area contributed by atoms with E-state index in [-0.39, 0.29) is 12.0 Å². The van der Waals surface area contributed by atoms with Crippen LogP contribution in [0.2, 0.25) is 0 Å². The van der Waals surface area contributed by atoms with Crippen molar-refractivity contribution in [3.63, 3.8) is 0 Å². The highest BCUT2D eigenvalue weighted by atomic mass is 16.6. The number of ether oxygens (including phenoxy) is 1. The summed E-state index contributed by atoms with van der Waals surface area (Å²) in [5.74, 6) is -1.13. The second kappa shape index (κ2) is 5.26. The molecule has 1 rings (SSSR count). The van der Waals surface area contributed by atoms with Crippen molar-refractivity contribution in [3.05, 3.63) is 33.9 Å². The zero-order valence-corrected chi connectivity index (χ0v) is 8.99. The molecule has 0 spiro atoms. The number of phenolic OH excluding ortho intramolecular Hbond substituents is 1. The van der Waals surface area contributed by atoms with E-state index in [0.717, 1.165) is 12.1 Å². The Morgan fingerprint density at radius 2 is 2.24 bits per heavy atom. The average Bonchev–Trinajstić information content (AvgIpc) is 2.28. The minimum absolute atomic E-state index is 0.167. The molecule has 0 radical (unpaired) electrons. The van der Waals surface area contributed by atoms with Crippen LogP contribution in [-0.2, 0) is 9.53 Å². The number of phenols is 1. The highest BCUT2D eigenvalue weighted by Gasteiger charge is 2.19. The Bertz CT molecular complexity index is 444. The minimum atomic E-state index is -1.21. The summed E-state index contributed by atoms with van der Waals surface area (Å²) >= 11 is 0. The molecule has 0 aromatic heterocycles. The van der Waals surface area contributed by atoms with Gasteiger partial charge in [0.05, 0.1) is 24.6 Å². The summed E-state index contributed by atoms with van der Waals surface area (Å²) in [6, 6.07) is 3.41. The van der Waals surface area contributed by atoms with Crippen LogP contribution in [-0.4, -0.2) is 28.2 Å². The molecule has 7 nitrogen and oxygen atoms in total. The zero-order valence-electron chi connectivity index (χ0n) is 8.99. The Balaban J connectivity index is 2.95. The molecule has 0 amide bonds. The third kappa shape index (κ3) is 3.15. The van der Waals surface area contributed by atoms with E-state index in [4.69, 9.17) is 0 Å². The van der Waals surface area contributed by atoms with Crippen molar-refractivity contribution < 1.29 is 24.7 Å². The number of methoxy groups -OCH3 is 1. The van der Waals surface area contributed by atoms with Gasteiger partial charge in [-0.3, -0.25) is 14.9 Å². The average molecular weight is 241 g/mol. The van der Waals surface area contributed by atoms with Crippen LogP contribution in [0.25, 0.3) is 0 Å². The minimum Gasteiger partial charge on any atom is -0.502 e. The standard InChI is InChI=1S/C10H11NO6/c1-17-10(14)5-9(13)6-2-3-8(12)7(4-6)11(15)16/h2-4,9,12-13H,5H2,1H3/t9-/m0/s1. The molecule has 1 aromatic carbocycles. The van der Waals surface area contributed by atoms with Crippen molar-refractivity contribution in [1.82, 2.24) is 0 Å². The van der Waals surface area contributed by atoms with Crippen molar-refractivity contribution in [2.75, 3.05) is 7.11 Å². The van der Waals surface area contributed by atoms with Gasteiger partial charge in [-0.2, -0.15) is 0 Å². The highest BCUT2D eigenvalue weighted by molar-refractivity contribution is 5.70. The Hall–Kier alpha value is -2.15. The fraction of sp³-hybridized carbons (Fsp3) is 0.300. The fourth-order valence-corrected chi connectivity index (χ4v) is 1.25. The summed E-state index contributed by atoms with van der Waals surface area (Å²) in [5, 5.41) is 29.4. The van der Waals surface area contributed by atoms with Gasteiger partial charge < -0.3 is 14.9 Å². The molecule has 0 unspecified atom stereocenters. The van der Waals surface area contributed by atoms with Crippen molar-refractivity contribution in [1.29, 1.82) is 0 Å². The molecular weight excluding hydrogens is 230 g/mol. The van der Waals surface area contributed by atoms with Crippen LogP contribution in [0.1, 0.15) is 18.1 Å². The van der Waals surface area contributed by atoms with E-state index < -0.39 is 28.4 Å². The number of aliphatic hydroxyl groups is 1. The summed E-state index contributed by atoms with van der Waals surface area (Å²) in [7, 11) is 1.17. The molecular formula is C10H11NO6. The second-order valence-electron chi connectivity index (χ2n) is 3.30. The van der Waals surface area contributed by atoms with Gasteiger partial charge >= 0.3 is 11.7 Å². The number of hydrogen-bond donors (Lipinski definition) is 2. The van der Waals surface area contributed by atoms with E-state index in [1.54, 1.807) is 0 Å². The van der Waals surface area contributed by atoms with Crippen LogP contribution in [0, 0.1) is 10.1 Å². The molecule has 0 saturated carbocycles. The van der Waals surface area contributed by atoms with Crippen molar-refractivity contribution in [2.24, 2.45) is 0 Å². The second-order valence-corrected chi connectivity index (χ2v) is 3.30. The Morgan fingerprint density at radius 1 is 1.59 bits per heavy atom. The molecule has 2 N–H and O–H groups in total. The molecule has 0 aliphatic carbocycles. The predicted molar refractivity (Wildman–Crippen MR) is 56.4 cm³/mol. The zero-order chi connectivity index (χ0) is 13.0. The number of nitro groups is 1. The molecule has 0 heterocycles. The normalized spacial score (nSPS) is 11.9. The largest absolute Gasteiger partial charge is 0.502 e. The van der Waals surface area contributed by atoms with Crippen LogP contribution in [0.4, 0.5) is 5.69 Å². The van der Waals surface area contributed by atoms with Crippen LogP contribution in [0.3, 0.4) is 0 Å². The summed E-state index contributed by atoms with van der Waals surface area (Å²) < 4.78 is 4.36. The van der Waals surface area contributed by atoms with Gasteiger partial charge in [0, 0.05) is 6.07 Å². The number of aromatic hydroxyl groups is 1. The van der Waals surface area contributed by atoms with Crippen LogP contribution in [0.15, 0.2) is 18.2 Å². The third-order valence-corrected chi connectivity index (χ3v) is 2.17. The van der Waals surface area contributed by atoms with Gasteiger partial charge in [0.15, 0.2) is 5.75 Å². The van der Waals surface area contributed by atoms with Gasteiger partial charge in [0.25, 0.3) is 0 Å². The number of benzene rings is 1. The molecule has 0 bridgehead atoms. The first-order valence-corrected chi connectivity index (χ1v) is 4.68.